The molecule has 3 nitrogen and oxygen atoms in total. The Bertz CT molecular complexity index is 514. The van der Waals surface area contributed by atoms with Crippen molar-refractivity contribution >= 4 is 10.9 Å². The van der Waals surface area contributed by atoms with Gasteiger partial charge < -0.3 is 15.0 Å². The monoisotopic (exact) mass is 232 g/mol. The first-order valence-electron chi connectivity index (χ1n) is 6.04. The maximum absolute atomic E-state index is 5.73. The van der Waals surface area contributed by atoms with Gasteiger partial charge in [-0.15, -0.1) is 0 Å². The van der Waals surface area contributed by atoms with Crippen molar-refractivity contribution in [2.75, 3.05) is 7.05 Å². The molecule has 0 radical (unpaired) electrons. The molecule has 1 aromatic heterocycles. The molecule has 2 N–H and O–H groups in total. The van der Waals surface area contributed by atoms with E-state index in [0.29, 0.717) is 0 Å². The predicted molar refractivity (Wildman–Crippen MR) is 71.6 cm³/mol. The Labute approximate surface area is 102 Å². The summed E-state index contributed by atoms with van der Waals surface area (Å²) >= 11 is 0. The fourth-order valence-electron chi connectivity index (χ4n) is 2.11. The summed E-state index contributed by atoms with van der Waals surface area (Å²) < 4.78 is 5.73. The second kappa shape index (κ2) is 4.80. The van der Waals surface area contributed by atoms with Crippen molar-refractivity contribution in [2.45, 2.75) is 33.4 Å². The molecule has 0 atom stereocenters. The number of fused-ring (bicyclic) bond motifs is 1. The van der Waals surface area contributed by atoms with Gasteiger partial charge in [0.15, 0.2) is 0 Å². The molecule has 1 aromatic carbocycles. The molecule has 0 saturated carbocycles. The van der Waals surface area contributed by atoms with Crippen molar-refractivity contribution in [1.82, 2.24) is 10.3 Å². The number of aromatic amines is 1. The van der Waals surface area contributed by atoms with Crippen LogP contribution in [-0.4, -0.2) is 18.1 Å². The highest BCUT2D eigenvalue weighted by Crippen LogP contribution is 2.26. The Kier molecular flexibility index (Phi) is 3.38. The van der Waals surface area contributed by atoms with E-state index in [1.54, 1.807) is 0 Å². The van der Waals surface area contributed by atoms with Gasteiger partial charge in [0.2, 0.25) is 0 Å². The first-order valence-corrected chi connectivity index (χ1v) is 6.04. The van der Waals surface area contributed by atoms with Crippen LogP contribution in [-0.2, 0) is 6.54 Å². The summed E-state index contributed by atoms with van der Waals surface area (Å²) in [6, 6.07) is 6.21. The number of benzene rings is 1. The molecule has 1 heterocycles. The van der Waals surface area contributed by atoms with Crippen LogP contribution in [0.25, 0.3) is 10.9 Å². The number of ether oxygens (including phenoxy) is 1. The van der Waals surface area contributed by atoms with E-state index in [1.165, 1.54) is 22.2 Å². The zero-order chi connectivity index (χ0) is 12.4. The molecule has 0 bridgehead atoms. The molecule has 2 rings (SSSR count). The van der Waals surface area contributed by atoms with Crippen molar-refractivity contribution in [3.63, 3.8) is 0 Å². The maximum atomic E-state index is 5.73. The molecule has 0 aliphatic heterocycles. The first-order chi connectivity index (χ1) is 8.11. The third-order valence-electron chi connectivity index (χ3n) is 2.82. The second-order valence-electron chi connectivity index (χ2n) is 4.63. The van der Waals surface area contributed by atoms with Gasteiger partial charge in [-0.2, -0.15) is 0 Å². The lowest BCUT2D eigenvalue weighted by atomic mass is 10.1. The van der Waals surface area contributed by atoms with Crippen LogP contribution in [0.1, 0.15) is 25.1 Å². The van der Waals surface area contributed by atoms with E-state index in [0.717, 1.165) is 12.3 Å². The van der Waals surface area contributed by atoms with Crippen molar-refractivity contribution in [3.8, 4) is 5.75 Å². The maximum Gasteiger partial charge on any atom is 0.120 e. The molecule has 0 amide bonds. The number of H-pyrrole nitrogens is 1. The van der Waals surface area contributed by atoms with Crippen molar-refractivity contribution in [3.05, 3.63) is 29.5 Å². The van der Waals surface area contributed by atoms with Gasteiger partial charge >= 0.3 is 0 Å². The molecule has 92 valence electrons. The Morgan fingerprint density at radius 2 is 2.12 bits per heavy atom. The van der Waals surface area contributed by atoms with E-state index >= 15 is 0 Å². The molecule has 3 heteroatoms. The largest absolute Gasteiger partial charge is 0.491 e. The molecule has 0 saturated heterocycles. The second-order valence-corrected chi connectivity index (χ2v) is 4.63. The third-order valence-corrected chi connectivity index (χ3v) is 2.82. The average molecular weight is 232 g/mol. The molecule has 0 aliphatic carbocycles. The topological polar surface area (TPSA) is 37.0 Å². The minimum atomic E-state index is 0.209. The molecular formula is C14H20N2O. The van der Waals surface area contributed by atoms with Crippen LogP contribution in [0.15, 0.2) is 18.2 Å². The fourth-order valence-corrected chi connectivity index (χ4v) is 2.11. The van der Waals surface area contributed by atoms with Gasteiger partial charge in [0.1, 0.15) is 5.75 Å². The van der Waals surface area contributed by atoms with E-state index in [2.05, 4.69) is 29.4 Å². The summed E-state index contributed by atoms with van der Waals surface area (Å²) in [5.41, 5.74) is 3.71. The van der Waals surface area contributed by atoms with E-state index in [-0.39, 0.29) is 6.10 Å². The molecule has 0 aliphatic rings. The highest BCUT2D eigenvalue weighted by molar-refractivity contribution is 5.86. The smallest absolute Gasteiger partial charge is 0.120 e. The minimum absolute atomic E-state index is 0.209. The SMILES string of the molecule is CNCc1c(C)[nH]c2ccc(OC(C)C)cc12. The Hall–Kier alpha value is -1.48. The van der Waals surface area contributed by atoms with Crippen LogP contribution in [0.5, 0.6) is 5.75 Å². The molecule has 17 heavy (non-hydrogen) atoms. The summed E-state index contributed by atoms with van der Waals surface area (Å²) in [4.78, 5) is 3.40. The van der Waals surface area contributed by atoms with Gasteiger partial charge in [0.25, 0.3) is 0 Å². The lowest BCUT2D eigenvalue weighted by Crippen LogP contribution is -2.06. The van der Waals surface area contributed by atoms with Crippen molar-refractivity contribution in [1.29, 1.82) is 0 Å². The molecule has 2 aromatic rings. The van der Waals surface area contributed by atoms with E-state index < -0.39 is 0 Å². The van der Waals surface area contributed by atoms with E-state index in [4.69, 9.17) is 4.74 Å². The van der Waals surface area contributed by atoms with Gasteiger partial charge in [0.05, 0.1) is 6.10 Å². The summed E-state index contributed by atoms with van der Waals surface area (Å²) in [7, 11) is 1.97. The number of hydrogen-bond acceptors (Lipinski definition) is 2. The molecule has 0 unspecified atom stereocenters. The predicted octanol–water partition coefficient (Wildman–Crippen LogP) is 2.98. The molecule has 0 spiro atoms. The highest BCUT2D eigenvalue weighted by atomic mass is 16.5. The highest BCUT2D eigenvalue weighted by Gasteiger charge is 2.09. The van der Waals surface area contributed by atoms with Crippen LogP contribution in [0, 0.1) is 6.92 Å². The average Bonchev–Trinajstić information content (AvgIpc) is 2.55. The third kappa shape index (κ3) is 2.44. The molecule has 0 fully saturated rings. The van der Waals surface area contributed by atoms with Crippen LogP contribution in [0.2, 0.25) is 0 Å². The minimum Gasteiger partial charge on any atom is -0.491 e. The standard InChI is InChI=1S/C14H20N2O/c1-9(2)17-11-5-6-14-12(7-11)13(8-15-4)10(3)16-14/h5-7,9,15-16H,8H2,1-4H3. The lowest BCUT2D eigenvalue weighted by molar-refractivity contribution is 0.243. The lowest BCUT2D eigenvalue weighted by Gasteiger charge is -2.09. The van der Waals surface area contributed by atoms with Crippen molar-refractivity contribution in [2.24, 2.45) is 0 Å². The van der Waals surface area contributed by atoms with Crippen LogP contribution < -0.4 is 10.1 Å². The zero-order valence-corrected chi connectivity index (χ0v) is 10.9. The molecular weight excluding hydrogens is 212 g/mol. The number of nitrogens with one attached hydrogen (secondary N) is 2. The Balaban J connectivity index is 2.46. The summed E-state index contributed by atoms with van der Waals surface area (Å²) in [6.07, 6.45) is 0.209. The van der Waals surface area contributed by atoms with Crippen LogP contribution in [0.4, 0.5) is 0 Å². The first kappa shape index (κ1) is 12.0. The summed E-state index contributed by atoms with van der Waals surface area (Å²) in [5.74, 6) is 0.934. The summed E-state index contributed by atoms with van der Waals surface area (Å²) in [5, 5.41) is 4.45. The van der Waals surface area contributed by atoms with Gasteiger partial charge in [-0.3, -0.25) is 0 Å². The fraction of sp³-hybridized carbons (Fsp3) is 0.429. The quantitative estimate of drug-likeness (QED) is 0.850. The Morgan fingerprint density at radius 3 is 2.76 bits per heavy atom. The normalized spacial score (nSPS) is 11.4. The zero-order valence-electron chi connectivity index (χ0n) is 10.9. The van der Waals surface area contributed by atoms with Gasteiger partial charge in [-0.1, -0.05) is 0 Å². The van der Waals surface area contributed by atoms with Gasteiger partial charge in [-0.25, -0.2) is 0 Å². The van der Waals surface area contributed by atoms with Crippen LogP contribution >= 0.6 is 0 Å². The summed E-state index contributed by atoms with van der Waals surface area (Å²) in [6.45, 7) is 7.06. The van der Waals surface area contributed by atoms with Gasteiger partial charge in [0, 0.05) is 23.1 Å². The van der Waals surface area contributed by atoms with Crippen LogP contribution in [0.3, 0.4) is 0 Å². The van der Waals surface area contributed by atoms with Crippen molar-refractivity contribution < 1.29 is 4.74 Å². The number of aryl methyl sites for hydroxylation is 1. The Morgan fingerprint density at radius 1 is 1.35 bits per heavy atom. The van der Waals surface area contributed by atoms with E-state index in [1.807, 2.05) is 27.0 Å². The number of hydrogen-bond donors (Lipinski definition) is 2. The van der Waals surface area contributed by atoms with E-state index in [9.17, 15) is 0 Å². The number of rotatable bonds is 4. The van der Waals surface area contributed by atoms with Gasteiger partial charge in [-0.05, 0) is 51.6 Å². The number of aromatic nitrogens is 1.